The molecule has 0 radical (unpaired) electrons. The summed E-state index contributed by atoms with van der Waals surface area (Å²) in [6.45, 7) is 0. The predicted octanol–water partition coefficient (Wildman–Crippen LogP) is 11.9. The molecule has 4 heteroatoms. The zero-order valence-electron chi connectivity index (χ0n) is 27.0. The molecule has 0 bridgehead atoms. The molecule has 8 aromatic carbocycles. The van der Waals surface area contributed by atoms with Crippen LogP contribution < -0.4 is 4.90 Å². The molecule has 0 unspecified atom stereocenters. The van der Waals surface area contributed by atoms with Crippen LogP contribution in [0.25, 0.3) is 60.5 Å². The minimum atomic E-state index is 0.608. The van der Waals surface area contributed by atoms with E-state index in [2.05, 4.69) is 143 Å². The lowest BCUT2D eigenvalue weighted by atomic mass is 9.93. The van der Waals surface area contributed by atoms with Gasteiger partial charge < -0.3 is 9.47 Å². The smallest absolute Gasteiger partial charge is 0.0991 e. The number of nitriles is 2. The molecule has 0 spiro atoms. The van der Waals surface area contributed by atoms with Crippen molar-refractivity contribution in [3.8, 4) is 40.1 Å². The number of aromatic nitrogens is 1. The van der Waals surface area contributed by atoms with Gasteiger partial charge in [0.2, 0.25) is 0 Å². The normalized spacial score (nSPS) is 11.2. The summed E-state index contributed by atoms with van der Waals surface area (Å²) in [4.78, 5) is 2.13. The van der Waals surface area contributed by atoms with E-state index in [9.17, 15) is 10.5 Å². The topological polar surface area (TPSA) is 55.8 Å². The molecule has 0 saturated heterocycles. The number of anilines is 3. The van der Waals surface area contributed by atoms with Gasteiger partial charge in [0.1, 0.15) is 0 Å². The van der Waals surface area contributed by atoms with Crippen molar-refractivity contribution in [3.05, 3.63) is 181 Å². The van der Waals surface area contributed by atoms with Gasteiger partial charge in [0, 0.05) is 33.5 Å². The van der Waals surface area contributed by atoms with Crippen LogP contribution in [0.1, 0.15) is 11.1 Å². The van der Waals surface area contributed by atoms with Gasteiger partial charge in [-0.15, -0.1) is 0 Å². The van der Waals surface area contributed by atoms with Crippen LogP contribution in [0, 0.1) is 22.7 Å². The van der Waals surface area contributed by atoms with Crippen LogP contribution in [0.3, 0.4) is 0 Å². The first-order valence-corrected chi connectivity index (χ1v) is 16.6. The molecule has 9 rings (SSSR count). The fraction of sp³-hybridized carbons (Fsp3) is 0. The molecule has 4 nitrogen and oxygen atoms in total. The minimum absolute atomic E-state index is 0.608. The molecule has 232 valence electrons. The van der Waals surface area contributed by atoms with E-state index < -0.39 is 0 Å². The number of hydrogen-bond acceptors (Lipinski definition) is 3. The van der Waals surface area contributed by atoms with E-state index in [4.69, 9.17) is 0 Å². The van der Waals surface area contributed by atoms with Gasteiger partial charge in [-0.05, 0) is 118 Å². The summed E-state index contributed by atoms with van der Waals surface area (Å²) >= 11 is 0. The Morgan fingerprint density at radius 1 is 0.420 bits per heavy atom. The van der Waals surface area contributed by atoms with E-state index >= 15 is 0 Å². The molecule has 50 heavy (non-hydrogen) atoms. The van der Waals surface area contributed by atoms with Crippen molar-refractivity contribution in [2.24, 2.45) is 0 Å². The van der Waals surface area contributed by atoms with E-state index in [1.165, 1.54) is 43.7 Å². The predicted molar refractivity (Wildman–Crippen MR) is 204 cm³/mol. The van der Waals surface area contributed by atoms with E-state index in [0.29, 0.717) is 11.1 Å². The molecule has 0 atom stereocenters. The highest BCUT2D eigenvalue weighted by Gasteiger charge is 2.19. The molecule has 9 aromatic rings. The van der Waals surface area contributed by atoms with Crippen LogP contribution in [0.5, 0.6) is 0 Å². The van der Waals surface area contributed by atoms with Gasteiger partial charge in [-0.3, -0.25) is 0 Å². The van der Waals surface area contributed by atoms with Gasteiger partial charge in [-0.25, -0.2) is 0 Å². The van der Waals surface area contributed by atoms with Crippen LogP contribution in [0.2, 0.25) is 0 Å². The van der Waals surface area contributed by atoms with Crippen molar-refractivity contribution in [3.63, 3.8) is 0 Å². The van der Waals surface area contributed by atoms with Gasteiger partial charge >= 0.3 is 0 Å². The zero-order chi connectivity index (χ0) is 33.6. The number of nitrogens with zero attached hydrogens (tertiary/aromatic N) is 4. The molecule has 1 aromatic heterocycles. The Morgan fingerprint density at radius 3 is 1.56 bits per heavy atom. The molecule has 1 heterocycles. The lowest BCUT2D eigenvalue weighted by molar-refractivity contribution is 1.18. The standard InChI is InChI=1S/C46H28N4/c47-29-31-9-20-38(21-10-31)49(39-22-11-32(30-48)12-23-39)40-24-17-34(18-25-40)33-13-15-35(16-14-33)41-27-28-44-46-42(41)26-19-36-5-4-8-43(45(36)46)50(44)37-6-2-1-3-7-37/h1-28H. The van der Waals surface area contributed by atoms with E-state index in [-0.39, 0.29) is 0 Å². The summed E-state index contributed by atoms with van der Waals surface area (Å²) in [6, 6.07) is 63.1. The first kappa shape index (κ1) is 29.0. The van der Waals surface area contributed by atoms with Crippen LogP contribution >= 0.6 is 0 Å². The maximum absolute atomic E-state index is 9.33. The van der Waals surface area contributed by atoms with Crippen molar-refractivity contribution in [2.45, 2.75) is 0 Å². The quantitative estimate of drug-likeness (QED) is 0.171. The lowest BCUT2D eigenvalue weighted by Crippen LogP contribution is -2.09. The highest BCUT2D eigenvalue weighted by atomic mass is 15.1. The second-order valence-corrected chi connectivity index (χ2v) is 12.4. The molecule has 0 amide bonds. The Balaban J connectivity index is 1.07. The van der Waals surface area contributed by atoms with Crippen LogP contribution in [-0.2, 0) is 0 Å². The van der Waals surface area contributed by atoms with E-state index in [0.717, 1.165) is 33.9 Å². The maximum Gasteiger partial charge on any atom is 0.0991 e. The largest absolute Gasteiger partial charge is 0.311 e. The summed E-state index contributed by atoms with van der Waals surface area (Å²) in [7, 11) is 0. The lowest BCUT2D eigenvalue weighted by Gasteiger charge is -2.25. The van der Waals surface area contributed by atoms with Crippen molar-refractivity contribution >= 4 is 49.6 Å². The third-order valence-corrected chi connectivity index (χ3v) is 9.64. The maximum atomic E-state index is 9.33. The fourth-order valence-electron chi connectivity index (χ4n) is 7.26. The van der Waals surface area contributed by atoms with E-state index in [1.807, 2.05) is 48.5 Å². The summed E-state index contributed by atoms with van der Waals surface area (Å²) in [5.41, 5.74) is 12.3. The highest BCUT2D eigenvalue weighted by molar-refractivity contribution is 6.26. The molecule has 0 aliphatic carbocycles. The van der Waals surface area contributed by atoms with Crippen molar-refractivity contribution in [1.82, 2.24) is 4.57 Å². The Morgan fingerprint density at radius 2 is 0.960 bits per heavy atom. The minimum Gasteiger partial charge on any atom is -0.311 e. The SMILES string of the molecule is N#Cc1ccc(N(c2ccc(C#N)cc2)c2ccc(-c3ccc(-c4ccc5c6c4ccc4cccc(c46)n5-c4ccccc4)cc3)cc2)cc1. The fourth-order valence-corrected chi connectivity index (χ4v) is 7.26. The zero-order valence-corrected chi connectivity index (χ0v) is 27.0. The van der Waals surface area contributed by atoms with Crippen molar-refractivity contribution < 1.29 is 0 Å². The first-order valence-electron chi connectivity index (χ1n) is 16.6. The monoisotopic (exact) mass is 636 g/mol. The number of rotatable bonds is 6. The Labute approximate surface area is 289 Å². The van der Waals surface area contributed by atoms with Crippen molar-refractivity contribution in [1.29, 1.82) is 10.5 Å². The number of benzene rings is 8. The second-order valence-electron chi connectivity index (χ2n) is 12.4. The molecule has 0 aliphatic rings. The highest BCUT2D eigenvalue weighted by Crippen LogP contribution is 2.43. The van der Waals surface area contributed by atoms with Gasteiger partial charge in [-0.1, -0.05) is 84.9 Å². The first-order chi connectivity index (χ1) is 24.7. The summed E-state index contributed by atoms with van der Waals surface area (Å²) in [5, 5.41) is 23.8. The summed E-state index contributed by atoms with van der Waals surface area (Å²) in [6.07, 6.45) is 0. The molecule has 0 saturated carbocycles. The third kappa shape index (κ3) is 4.75. The Bertz CT molecular complexity index is 2670. The number of para-hydroxylation sites is 1. The van der Waals surface area contributed by atoms with Crippen molar-refractivity contribution in [2.75, 3.05) is 4.90 Å². The molecule has 0 fully saturated rings. The third-order valence-electron chi connectivity index (χ3n) is 9.64. The Hall–Kier alpha value is -7.14. The number of hydrogen-bond donors (Lipinski definition) is 0. The molecular weight excluding hydrogens is 609 g/mol. The van der Waals surface area contributed by atoms with Gasteiger partial charge in [0.25, 0.3) is 0 Å². The Kier molecular flexibility index (Phi) is 6.87. The molecule has 0 N–H and O–H groups in total. The molecule has 0 aliphatic heterocycles. The van der Waals surface area contributed by atoms with Gasteiger partial charge in [0.15, 0.2) is 0 Å². The van der Waals surface area contributed by atoms with Crippen LogP contribution in [0.15, 0.2) is 170 Å². The average molecular weight is 637 g/mol. The second kappa shape index (κ2) is 11.8. The van der Waals surface area contributed by atoms with Gasteiger partial charge in [-0.2, -0.15) is 10.5 Å². The summed E-state index contributed by atoms with van der Waals surface area (Å²) < 4.78 is 2.38. The van der Waals surface area contributed by atoms with E-state index in [1.54, 1.807) is 0 Å². The summed E-state index contributed by atoms with van der Waals surface area (Å²) in [5.74, 6) is 0. The van der Waals surface area contributed by atoms with Gasteiger partial charge in [0.05, 0.1) is 34.3 Å². The molecular formula is C46H28N4. The van der Waals surface area contributed by atoms with Crippen LogP contribution in [0.4, 0.5) is 17.1 Å². The average Bonchev–Trinajstić information content (AvgIpc) is 3.54. The van der Waals surface area contributed by atoms with Crippen LogP contribution in [-0.4, -0.2) is 4.57 Å².